The molecule has 1 saturated heterocycles. The summed E-state index contributed by atoms with van der Waals surface area (Å²) in [4.78, 5) is 21.4. The molecule has 1 fully saturated rings. The number of hydrazine groups is 1. The number of H-pyrrole nitrogens is 1. The lowest BCUT2D eigenvalue weighted by Crippen LogP contribution is -2.53. The monoisotopic (exact) mass is 380 g/mol. The van der Waals surface area contributed by atoms with E-state index >= 15 is 0 Å². The van der Waals surface area contributed by atoms with Crippen molar-refractivity contribution in [2.75, 3.05) is 23.7 Å². The largest absolute Gasteiger partial charge is 0.443 e. The number of rotatable bonds is 3. The fourth-order valence-electron chi connectivity index (χ4n) is 3.15. The number of anilines is 2. The molecule has 1 atom stereocenters. The summed E-state index contributed by atoms with van der Waals surface area (Å²) in [6.45, 7) is 7.01. The van der Waals surface area contributed by atoms with Gasteiger partial charge >= 0.3 is 6.09 Å². The van der Waals surface area contributed by atoms with Gasteiger partial charge in [-0.3, -0.25) is 5.43 Å². The molecule has 0 bridgehead atoms. The topological polar surface area (TPSA) is 108 Å². The normalized spacial score (nSPS) is 18.2. The molecule has 0 saturated carbocycles. The van der Waals surface area contributed by atoms with Gasteiger partial charge in [-0.2, -0.15) is 0 Å². The Kier molecular flexibility index (Phi) is 5.15. The van der Waals surface area contributed by atoms with Crippen LogP contribution >= 0.6 is 11.6 Å². The third-order valence-electron chi connectivity index (χ3n) is 4.17. The maximum atomic E-state index is 11.8. The van der Waals surface area contributed by atoms with E-state index in [4.69, 9.17) is 22.1 Å². The van der Waals surface area contributed by atoms with Gasteiger partial charge in [0.15, 0.2) is 0 Å². The van der Waals surface area contributed by atoms with Crippen molar-refractivity contribution in [3.8, 4) is 0 Å². The molecule has 5 N–H and O–H groups in total. The van der Waals surface area contributed by atoms with Gasteiger partial charge in [-0.05, 0) is 33.6 Å². The molecule has 0 aromatic carbocycles. The van der Waals surface area contributed by atoms with E-state index in [0.717, 1.165) is 30.5 Å². The maximum absolute atomic E-state index is 11.8. The molecule has 0 spiro atoms. The summed E-state index contributed by atoms with van der Waals surface area (Å²) < 4.78 is 5.25. The number of hydrogen-bond donors (Lipinski definition) is 4. The van der Waals surface area contributed by atoms with Crippen LogP contribution in [0.3, 0.4) is 0 Å². The number of nitrogens with zero attached hydrogens (tertiary/aromatic N) is 2. The molecule has 142 valence electrons. The number of halogens is 1. The molecule has 3 rings (SSSR count). The zero-order chi connectivity index (χ0) is 18.9. The number of nitrogens with two attached hydrogens (primary N) is 1. The minimum atomic E-state index is -0.535. The summed E-state index contributed by atoms with van der Waals surface area (Å²) in [6, 6.07) is 0.0655. The first-order chi connectivity index (χ1) is 12.2. The number of aromatic nitrogens is 2. The molecule has 0 aliphatic carbocycles. The molecule has 26 heavy (non-hydrogen) atoms. The predicted molar refractivity (Wildman–Crippen MR) is 103 cm³/mol. The second-order valence-electron chi connectivity index (χ2n) is 7.48. The highest BCUT2D eigenvalue weighted by Gasteiger charge is 2.25. The molecule has 1 aliphatic heterocycles. The van der Waals surface area contributed by atoms with Crippen molar-refractivity contribution in [2.45, 2.75) is 45.3 Å². The Morgan fingerprint density at radius 3 is 3.00 bits per heavy atom. The van der Waals surface area contributed by atoms with Gasteiger partial charge in [-0.1, -0.05) is 11.6 Å². The van der Waals surface area contributed by atoms with Crippen molar-refractivity contribution in [3.63, 3.8) is 0 Å². The van der Waals surface area contributed by atoms with Crippen LogP contribution in [0.15, 0.2) is 12.4 Å². The average Bonchev–Trinajstić information content (AvgIpc) is 2.93. The van der Waals surface area contributed by atoms with Crippen LogP contribution in [0, 0.1) is 0 Å². The molecule has 2 aromatic heterocycles. The standard InChI is InChI=1S/C17H25ClN6O2/c1-17(2,3)26-16(25)23-22-10-5-4-6-24(9-10)14-11(18)7-20-15-13(14)12(19)8-21-15/h7-8,10,22H,4-6,9,19H2,1-3H3,(H,20,21)(H,23,25)/t10-/m1/s1. The smallest absolute Gasteiger partial charge is 0.422 e. The third-order valence-corrected chi connectivity index (χ3v) is 4.45. The van der Waals surface area contributed by atoms with Crippen LogP contribution in [0.1, 0.15) is 33.6 Å². The number of pyridine rings is 1. The number of nitrogen functional groups attached to an aromatic ring is 1. The number of nitrogens with one attached hydrogen (secondary N) is 3. The Bertz CT molecular complexity index is 800. The molecule has 2 aromatic rings. The molecule has 9 heteroatoms. The highest BCUT2D eigenvalue weighted by molar-refractivity contribution is 6.35. The van der Waals surface area contributed by atoms with Crippen molar-refractivity contribution in [3.05, 3.63) is 17.4 Å². The van der Waals surface area contributed by atoms with Gasteiger partial charge in [0.1, 0.15) is 11.2 Å². The van der Waals surface area contributed by atoms with E-state index in [1.807, 2.05) is 20.8 Å². The maximum Gasteiger partial charge on any atom is 0.422 e. The Labute approximate surface area is 157 Å². The van der Waals surface area contributed by atoms with E-state index in [1.54, 1.807) is 12.4 Å². The molecule has 0 radical (unpaired) electrons. The first kappa shape index (κ1) is 18.6. The summed E-state index contributed by atoms with van der Waals surface area (Å²) in [6.07, 6.45) is 4.75. The number of fused-ring (bicyclic) bond motifs is 1. The van der Waals surface area contributed by atoms with Gasteiger partial charge in [-0.15, -0.1) is 0 Å². The number of carbonyl (C=O) groups excluding carboxylic acids is 1. The van der Waals surface area contributed by atoms with E-state index in [9.17, 15) is 4.79 Å². The molecule has 8 nitrogen and oxygen atoms in total. The average molecular weight is 381 g/mol. The predicted octanol–water partition coefficient (Wildman–Crippen LogP) is 2.80. The lowest BCUT2D eigenvalue weighted by molar-refractivity contribution is 0.0485. The highest BCUT2D eigenvalue weighted by Crippen LogP contribution is 2.37. The first-order valence-electron chi connectivity index (χ1n) is 8.65. The second-order valence-corrected chi connectivity index (χ2v) is 7.89. The fourth-order valence-corrected chi connectivity index (χ4v) is 3.41. The Balaban J connectivity index is 1.71. The lowest BCUT2D eigenvalue weighted by Gasteiger charge is -2.35. The first-order valence-corrected chi connectivity index (χ1v) is 9.03. The number of piperidine rings is 1. The van der Waals surface area contributed by atoms with Gasteiger partial charge in [0, 0.05) is 25.3 Å². The zero-order valence-electron chi connectivity index (χ0n) is 15.2. The van der Waals surface area contributed by atoms with Crippen molar-refractivity contribution in [1.82, 2.24) is 20.8 Å². The van der Waals surface area contributed by atoms with Crippen LogP contribution in [0.25, 0.3) is 11.0 Å². The Morgan fingerprint density at radius 2 is 2.27 bits per heavy atom. The summed E-state index contributed by atoms with van der Waals surface area (Å²) in [5, 5.41) is 1.39. The molecular weight excluding hydrogens is 356 g/mol. The van der Waals surface area contributed by atoms with Crippen LogP contribution < -0.4 is 21.5 Å². The van der Waals surface area contributed by atoms with Crippen molar-refractivity contribution in [1.29, 1.82) is 0 Å². The van der Waals surface area contributed by atoms with E-state index in [2.05, 4.69) is 25.7 Å². The molecule has 0 unspecified atom stereocenters. The number of ether oxygens (including phenoxy) is 1. The molecule has 1 amide bonds. The van der Waals surface area contributed by atoms with E-state index in [1.165, 1.54) is 0 Å². The minimum absolute atomic E-state index is 0.0655. The van der Waals surface area contributed by atoms with Crippen LogP contribution in [0.4, 0.5) is 16.2 Å². The minimum Gasteiger partial charge on any atom is -0.443 e. The summed E-state index contributed by atoms with van der Waals surface area (Å²) >= 11 is 6.43. The lowest BCUT2D eigenvalue weighted by atomic mass is 10.0. The summed E-state index contributed by atoms with van der Waals surface area (Å²) in [5.74, 6) is 0. The number of hydrogen-bond acceptors (Lipinski definition) is 6. The van der Waals surface area contributed by atoms with Gasteiger partial charge < -0.3 is 20.4 Å². The van der Waals surface area contributed by atoms with E-state index in [0.29, 0.717) is 22.9 Å². The Hall–Kier alpha value is -2.19. The van der Waals surface area contributed by atoms with Gasteiger partial charge in [0.2, 0.25) is 0 Å². The van der Waals surface area contributed by atoms with Gasteiger partial charge in [-0.25, -0.2) is 15.2 Å². The van der Waals surface area contributed by atoms with Crippen molar-refractivity contribution in [2.24, 2.45) is 0 Å². The highest BCUT2D eigenvalue weighted by atomic mass is 35.5. The van der Waals surface area contributed by atoms with E-state index in [-0.39, 0.29) is 6.04 Å². The van der Waals surface area contributed by atoms with Crippen molar-refractivity contribution < 1.29 is 9.53 Å². The van der Waals surface area contributed by atoms with Gasteiger partial charge in [0.25, 0.3) is 0 Å². The zero-order valence-corrected chi connectivity index (χ0v) is 16.0. The number of amides is 1. The summed E-state index contributed by atoms with van der Waals surface area (Å²) in [5.41, 5.74) is 13.4. The molecule has 3 heterocycles. The van der Waals surface area contributed by atoms with E-state index < -0.39 is 11.7 Å². The second kappa shape index (κ2) is 7.20. The Morgan fingerprint density at radius 1 is 1.50 bits per heavy atom. The summed E-state index contributed by atoms with van der Waals surface area (Å²) in [7, 11) is 0. The SMILES string of the molecule is CC(C)(C)OC(=O)NN[C@@H]1CCCN(c2c(Cl)cnc3[nH]cc(N)c23)C1. The number of carbonyl (C=O) groups is 1. The molecule has 1 aliphatic rings. The van der Waals surface area contributed by atoms with Gasteiger partial charge in [0.05, 0.1) is 28.0 Å². The fraction of sp³-hybridized carbons (Fsp3) is 0.529. The van der Waals surface area contributed by atoms with Crippen LogP contribution in [0.5, 0.6) is 0 Å². The third kappa shape index (κ3) is 4.13. The van der Waals surface area contributed by atoms with Crippen LogP contribution in [0.2, 0.25) is 5.02 Å². The number of aromatic amines is 1. The van der Waals surface area contributed by atoms with Crippen LogP contribution in [-0.4, -0.2) is 40.8 Å². The molecular formula is C17H25ClN6O2. The van der Waals surface area contributed by atoms with Crippen molar-refractivity contribution >= 4 is 40.1 Å². The van der Waals surface area contributed by atoms with Crippen LogP contribution in [-0.2, 0) is 4.74 Å². The quantitative estimate of drug-likeness (QED) is 0.610.